The molecule has 0 saturated carbocycles. The highest BCUT2D eigenvalue weighted by atomic mass is 35.6. The molecule has 0 saturated heterocycles. The molecule has 1 atom stereocenters. The second kappa shape index (κ2) is 9.95. The van der Waals surface area contributed by atoms with Crippen molar-refractivity contribution in [3.05, 3.63) is 0 Å². The number of ether oxygens (including phenoxy) is 2. The van der Waals surface area contributed by atoms with Crippen LogP contribution in [0.5, 0.6) is 0 Å². The Morgan fingerprint density at radius 1 is 1.20 bits per heavy atom. The average Bonchev–Trinajstić information content (AvgIpc) is 1.98. The summed E-state index contributed by atoms with van der Waals surface area (Å²) in [5, 5.41) is 16.0. The molecule has 0 heterocycles. The van der Waals surface area contributed by atoms with Crippen LogP contribution in [0.15, 0.2) is 0 Å². The van der Waals surface area contributed by atoms with E-state index >= 15 is 0 Å². The second-order valence-electron chi connectivity index (χ2n) is 2.02. The lowest BCUT2D eigenvalue weighted by molar-refractivity contribution is 0.0122. The molecule has 0 spiro atoms. The minimum absolute atomic E-state index is 0.290. The summed E-state index contributed by atoms with van der Waals surface area (Å²) in [5.74, 6) is 0. The predicted octanol–water partition coefficient (Wildman–Crippen LogP) is 2.75. The van der Waals surface area contributed by atoms with Crippen molar-refractivity contribution in [3.63, 3.8) is 0 Å². The Labute approximate surface area is 101 Å². The zero-order valence-corrected chi connectivity index (χ0v) is 9.79. The van der Waals surface area contributed by atoms with Crippen LogP contribution >= 0.6 is 34.8 Å². The van der Waals surface area contributed by atoms with Crippen molar-refractivity contribution in [2.45, 2.75) is 17.3 Å². The SMILES string of the molecule is CC(COC(=O)O)OC(=O)O.ClC(Cl)Cl. The van der Waals surface area contributed by atoms with Crippen molar-refractivity contribution < 1.29 is 29.3 Å². The van der Waals surface area contributed by atoms with Gasteiger partial charge < -0.3 is 19.7 Å². The number of alkyl halides is 3. The van der Waals surface area contributed by atoms with Crippen LogP contribution in [-0.4, -0.2) is 39.5 Å². The Balaban J connectivity index is 0. The molecule has 0 aliphatic rings. The molecule has 0 fully saturated rings. The summed E-state index contributed by atoms with van der Waals surface area (Å²) in [7, 11) is 0. The summed E-state index contributed by atoms with van der Waals surface area (Å²) in [4.78, 5) is 19.6. The smallest absolute Gasteiger partial charge is 0.450 e. The first-order valence-electron chi connectivity index (χ1n) is 3.43. The van der Waals surface area contributed by atoms with Gasteiger partial charge in [0.15, 0.2) is 4.30 Å². The van der Waals surface area contributed by atoms with Crippen molar-refractivity contribution in [1.29, 1.82) is 0 Å². The van der Waals surface area contributed by atoms with E-state index in [0.717, 1.165) is 0 Å². The van der Waals surface area contributed by atoms with Crippen LogP contribution in [0.3, 0.4) is 0 Å². The Bertz CT molecular complexity index is 195. The maximum atomic E-state index is 9.83. The first-order valence-corrected chi connectivity index (χ1v) is 4.74. The molecular weight excluding hydrogens is 274 g/mol. The first kappa shape index (κ1) is 16.8. The van der Waals surface area contributed by atoms with Crippen LogP contribution in [0, 0.1) is 0 Å². The Kier molecular flexibility index (Phi) is 11.2. The number of halogens is 3. The molecule has 0 rings (SSSR count). The monoisotopic (exact) mass is 282 g/mol. The van der Waals surface area contributed by atoms with E-state index in [1.165, 1.54) is 6.92 Å². The van der Waals surface area contributed by atoms with Gasteiger partial charge in [0, 0.05) is 0 Å². The largest absolute Gasteiger partial charge is 0.506 e. The van der Waals surface area contributed by atoms with Crippen LogP contribution in [0.4, 0.5) is 9.59 Å². The Morgan fingerprint density at radius 3 is 1.87 bits per heavy atom. The standard InChI is InChI=1S/C5H8O6.CHCl3/c1-3(11-5(8)9)2-10-4(6)7;2-1(3)4/h3H,2H2,1H3,(H,6,7)(H,8,9);1H. The van der Waals surface area contributed by atoms with E-state index in [1.807, 2.05) is 0 Å². The van der Waals surface area contributed by atoms with E-state index in [9.17, 15) is 9.59 Å². The third-order valence-electron chi connectivity index (χ3n) is 0.744. The molecule has 0 aromatic heterocycles. The molecule has 0 aromatic carbocycles. The van der Waals surface area contributed by atoms with Crippen molar-refractivity contribution in [3.8, 4) is 0 Å². The number of hydrogen-bond donors (Lipinski definition) is 2. The molecule has 15 heavy (non-hydrogen) atoms. The summed E-state index contributed by atoms with van der Waals surface area (Å²) in [6.45, 7) is 1.10. The van der Waals surface area contributed by atoms with E-state index in [0.29, 0.717) is 0 Å². The van der Waals surface area contributed by atoms with Gasteiger partial charge in [-0.05, 0) is 6.92 Å². The van der Waals surface area contributed by atoms with Gasteiger partial charge in [-0.2, -0.15) is 0 Å². The fraction of sp³-hybridized carbons (Fsp3) is 0.667. The van der Waals surface area contributed by atoms with Crippen LogP contribution in [0.1, 0.15) is 6.92 Å². The van der Waals surface area contributed by atoms with Gasteiger partial charge in [-0.1, -0.05) is 34.8 Å². The van der Waals surface area contributed by atoms with E-state index in [1.54, 1.807) is 0 Å². The lowest BCUT2D eigenvalue weighted by Crippen LogP contribution is -2.20. The van der Waals surface area contributed by atoms with E-state index in [4.69, 9.17) is 45.0 Å². The number of carboxylic acid groups (broad SMARTS) is 2. The first-order chi connectivity index (χ1) is 6.75. The quantitative estimate of drug-likeness (QED) is 0.611. The van der Waals surface area contributed by atoms with Crippen LogP contribution in [0.2, 0.25) is 0 Å². The van der Waals surface area contributed by atoms with E-state index < -0.39 is 22.7 Å². The summed E-state index contributed by atoms with van der Waals surface area (Å²) < 4.78 is 7.41. The molecule has 0 bridgehead atoms. The maximum absolute atomic E-state index is 9.83. The van der Waals surface area contributed by atoms with Gasteiger partial charge in [-0.3, -0.25) is 0 Å². The van der Waals surface area contributed by atoms with E-state index in [2.05, 4.69) is 9.47 Å². The molecule has 0 aromatic rings. The zero-order chi connectivity index (χ0) is 12.4. The highest BCUT2D eigenvalue weighted by Crippen LogP contribution is 2.03. The van der Waals surface area contributed by atoms with Gasteiger partial charge in [-0.15, -0.1) is 0 Å². The minimum Gasteiger partial charge on any atom is -0.450 e. The highest BCUT2D eigenvalue weighted by Gasteiger charge is 2.09. The van der Waals surface area contributed by atoms with Crippen molar-refractivity contribution >= 4 is 47.1 Å². The van der Waals surface area contributed by atoms with Crippen LogP contribution in [-0.2, 0) is 9.47 Å². The molecule has 90 valence electrons. The second-order valence-corrected chi connectivity index (χ2v) is 4.00. The van der Waals surface area contributed by atoms with Crippen molar-refractivity contribution in [2.75, 3.05) is 6.61 Å². The van der Waals surface area contributed by atoms with Crippen molar-refractivity contribution in [2.24, 2.45) is 0 Å². The normalized spacial score (nSPS) is 11.0. The molecule has 0 radical (unpaired) electrons. The summed E-state index contributed by atoms with van der Waals surface area (Å²) >= 11 is 14.4. The molecular formula is C6H9Cl3O6. The van der Waals surface area contributed by atoms with E-state index in [-0.39, 0.29) is 6.61 Å². The van der Waals surface area contributed by atoms with Gasteiger partial charge >= 0.3 is 12.3 Å². The molecule has 2 N–H and O–H groups in total. The Hall–Kier alpha value is -0.590. The topological polar surface area (TPSA) is 93.1 Å². The summed E-state index contributed by atoms with van der Waals surface area (Å²) in [5.41, 5.74) is 0. The summed E-state index contributed by atoms with van der Waals surface area (Å²) in [6, 6.07) is 0. The third kappa shape index (κ3) is 24.7. The zero-order valence-electron chi connectivity index (χ0n) is 7.52. The van der Waals surface area contributed by atoms with Gasteiger partial charge in [-0.25, -0.2) is 9.59 Å². The number of carbonyl (C=O) groups is 2. The fourth-order valence-corrected chi connectivity index (χ4v) is 0.395. The predicted molar refractivity (Wildman–Crippen MR) is 53.9 cm³/mol. The lowest BCUT2D eigenvalue weighted by Gasteiger charge is -2.08. The Morgan fingerprint density at radius 2 is 1.60 bits per heavy atom. The molecule has 0 aliphatic heterocycles. The van der Waals surface area contributed by atoms with Gasteiger partial charge in [0.05, 0.1) is 0 Å². The minimum atomic E-state index is -1.45. The molecule has 9 heteroatoms. The maximum Gasteiger partial charge on any atom is 0.506 e. The van der Waals surface area contributed by atoms with Crippen molar-refractivity contribution in [1.82, 2.24) is 0 Å². The summed E-state index contributed by atoms with van der Waals surface area (Å²) in [6.07, 6.45) is -3.68. The molecule has 0 amide bonds. The molecule has 1 unspecified atom stereocenters. The highest BCUT2D eigenvalue weighted by molar-refractivity contribution is 6.63. The average molecular weight is 283 g/mol. The van der Waals surface area contributed by atoms with Crippen LogP contribution < -0.4 is 0 Å². The molecule has 6 nitrogen and oxygen atoms in total. The number of hydrogen-bond acceptors (Lipinski definition) is 4. The lowest BCUT2D eigenvalue weighted by atomic mass is 10.4. The van der Waals surface area contributed by atoms with Gasteiger partial charge in [0.25, 0.3) is 0 Å². The fourth-order valence-electron chi connectivity index (χ4n) is 0.395. The van der Waals surface area contributed by atoms with Gasteiger partial charge in [0.1, 0.15) is 12.7 Å². The molecule has 0 aliphatic carbocycles. The van der Waals surface area contributed by atoms with Crippen LogP contribution in [0.25, 0.3) is 0 Å². The van der Waals surface area contributed by atoms with Gasteiger partial charge in [0.2, 0.25) is 0 Å². The third-order valence-corrected chi connectivity index (χ3v) is 0.744. The number of rotatable bonds is 3.